The minimum Gasteiger partial charge on any atom is -0.392 e. The summed E-state index contributed by atoms with van der Waals surface area (Å²) in [5.41, 5.74) is 2.75. The molecular weight excluding hydrogens is 332 g/mol. The summed E-state index contributed by atoms with van der Waals surface area (Å²) in [6, 6.07) is 15.0. The Labute approximate surface area is 132 Å². The molecule has 0 aliphatic rings. The maximum Gasteiger partial charge on any atom is 0.315 e. The van der Waals surface area contributed by atoms with Crippen molar-refractivity contribution in [1.82, 2.24) is 10.6 Å². The fraction of sp³-hybridized carbons (Fsp3) is 0.188. The van der Waals surface area contributed by atoms with Gasteiger partial charge in [0.1, 0.15) is 0 Å². The summed E-state index contributed by atoms with van der Waals surface area (Å²) >= 11 is 3.44. The van der Waals surface area contributed by atoms with Crippen molar-refractivity contribution in [3.63, 3.8) is 0 Å². The molecule has 0 spiro atoms. The maximum atomic E-state index is 11.8. The second-order valence-corrected chi connectivity index (χ2v) is 5.41. The van der Waals surface area contributed by atoms with Crippen molar-refractivity contribution >= 4 is 22.0 Å². The van der Waals surface area contributed by atoms with Gasteiger partial charge in [-0.2, -0.15) is 0 Å². The average Bonchev–Trinajstić information content (AvgIpc) is 2.52. The highest BCUT2D eigenvalue weighted by molar-refractivity contribution is 9.10. The minimum absolute atomic E-state index is 0.0313. The van der Waals surface area contributed by atoms with E-state index in [1.165, 1.54) is 0 Å². The molecule has 21 heavy (non-hydrogen) atoms. The quantitative estimate of drug-likeness (QED) is 0.777. The molecule has 3 N–H and O–H groups in total. The topological polar surface area (TPSA) is 61.4 Å². The standard InChI is InChI=1S/C16H17BrN2O2/c17-15-8-4-3-6-13(15)10-19-16(21)18-9-12-5-1-2-7-14(12)11-20/h1-8,20H,9-11H2,(H2,18,19,21). The lowest BCUT2D eigenvalue weighted by molar-refractivity contribution is 0.239. The molecule has 0 atom stereocenters. The van der Waals surface area contributed by atoms with Crippen molar-refractivity contribution in [3.05, 3.63) is 69.7 Å². The van der Waals surface area contributed by atoms with E-state index in [0.717, 1.165) is 21.2 Å². The Morgan fingerprint density at radius 3 is 2.05 bits per heavy atom. The molecule has 0 saturated carbocycles. The fourth-order valence-electron chi connectivity index (χ4n) is 1.94. The van der Waals surface area contributed by atoms with Crippen molar-refractivity contribution in [2.24, 2.45) is 0 Å². The summed E-state index contributed by atoms with van der Waals surface area (Å²) in [4.78, 5) is 11.8. The summed E-state index contributed by atoms with van der Waals surface area (Å²) in [7, 11) is 0. The molecular formula is C16H17BrN2O2. The molecule has 5 heteroatoms. The third-order valence-electron chi connectivity index (χ3n) is 3.13. The van der Waals surface area contributed by atoms with E-state index in [4.69, 9.17) is 0 Å². The number of urea groups is 1. The highest BCUT2D eigenvalue weighted by atomic mass is 79.9. The van der Waals surface area contributed by atoms with Gasteiger partial charge in [0.05, 0.1) is 6.61 Å². The van der Waals surface area contributed by atoms with E-state index in [0.29, 0.717) is 13.1 Å². The molecule has 4 nitrogen and oxygen atoms in total. The van der Waals surface area contributed by atoms with Gasteiger partial charge in [-0.05, 0) is 22.8 Å². The van der Waals surface area contributed by atoms with Gasteiger partial charge in [-0.3, -0.25) is 0 Å². The number of aliphatic hydroxyl groups excluding tert-OH is 1. The van der Waals surface area contributed by atoms with Crippen LogP contribution in [0.2, 0.25) is 0 Å². The lowest BCUT2D eigenvalue weighted by Gasteiger charge is -2.11. The van der Waals surface area contributed by atoms with Crippen LogP contribution in [0.5, 0.6) is 0 Å². The van der Waals surface area contributed by atoms with E-state index in [9.17, 15) is 9.90 Å². The molecule has 0 aromatic heterocycles. The first-order valence-electron chi connectivity index (χ1n) is 6.63. The summed E-state index contributed by atoms with van der Waals surface area (Å²) in [5.74, 6) is 0. The molecule has 2 amide bonds. The lowest BCUT2D eigenvalue weighted by Crippen LogP contribution is -2.34. The van der Waals surface area contributed by atoms with Crippen molar-refractivity contribution in [1.29, 1.82) is 0 Å². The van der Waals surface area contributed by atoms with Gasteiger partial charge in [0.25, 0.3) is 0 Å². The van der Waals surface area contributed by atoms with Crippen LogP contribution in [0.3, 0.4) is 0 Å². The fourth-order valence-corrected chi connectivity index (χ4v) is 2.36. The Bertz CT molecular complexity index is 617. The van der Waals surface area contributed by atoms with E-state index in [2.05, 4.69) is 26.6 Å². The SMILES string of the molecule is O=C(NCc1ccccc1Br)NCc1ccccc1CO. The van der Waals surface area contributed by atoms with Crippen molar-refractivity contribution < 1.29 is 9.90 Å². The predicted molar refractivity (Wildman–Crippen MR) is 85.6 cm³/mol. The van der Waals surface area contributed by atoms with Gasteiger partial charge >= 0.3 is 6.03 Å². The summed E-state index contributed by atoms with van der Waals surface area (Å²) in [5, 5.41) is 14.8. The first-order chi connectivity index (χ1) is 10.2. The number of nitrogens with one attached hydrogen (secondary N) is 2. The molecule has 0 bridgehead atoms. The van der Waals surface area contributed by atoms with Crippen LogP contribution >= 0.6 is 15.9 Å². The number of rotatable bonds is 5. The Morgan fingerprint density at radius 1 is 0.905 bits per heavy atom. The molecule has 0 radical (unpaired) electrons. The summed E-state index contributed by atoms with van der Waals surface area (Å²) in [6.45, 7) is 0.809. The van der Waals surface area contributed by atoms with Crippen molar-refractivity contribution in [3.8, 4) is 0 Å². The Balaban J connectivity index is 1.84. The predicted octanol–water partition coefficient (Wildman–Crippen LogP) is 2.94. The van der Waals surface area contributed by atoms with E-state index in [1.54, 1.807) is 0 Å². The van der Waals surface area contributed by atoms with Crippen LogP contribution in [-0.4, -0.2) is 11.1 Å². The van der Waals surface area contributed by atoms with Crippen LogP contribution < -0.4 is 10.6 Å². The molecule has 0 unspecified atom stereocenters. The molecule has 0 fully saturated rings. The summed E-state index contributed by atoms with van der Waals surface area (Å²) in [6.07, 6.45) is 0. The van der Waals surface area contributed by atoms with Gasteiger partial charge in [-0.1, -0.05) is 58.4 Å². The van der Waals surface area contributed by atoms with Crippen LogP contribution in [0.4, 0.5) is 4.79 Å². The molecule has 2 aromatic rings. The number of benzene rings is 2. The van der Waals surface area contributed by atoms with Crippen molar-refractivity contribution in [2.45, 2.75) is 19.7 Å². The van der Waals surface area contributed by atoms with Gasteiger partial charge < -0.3 is 15.7 Å². The number of halogens is 1. The van der Waals surface area contributed by atoms with Gasteiger partial charge in [0, 0.05) is 17.6 Å². The van der Waals surface area contributed by atoms with Crippen LogP contribution in [0, 0.1) is 0 Å². The lowest BCUT2D eigenvalue weighted by atomic mass is 10.1. The molecule has 0 heterocycles. The number of hydrogen-bond acceptors (Lipinski definition) is 2. The zero-order chi connectivity index (χ0) is 15.1. The first kappa shape index (κ1) is 15.5. The Morgan fingerprint density at radius 2 is 1.43 bits per heavy atom. The van der Waals surface area contributed by atoms with Gasteiger partial charge in [0.15, 0.2) is 0 Å². The Kier molecular flexibility index (Phi) is 5.78. The number of amides is 2. The first-order valence-corrected chi connectivity index (χ1v) is 7.42. The van der Waals surface area contributed by atoms with Crippen LogP contribution in [0.15, 0.2) is 53.0 Å². The third kappa shape index (κ3) is 4.58. The highest BCUT2D eigenvalue weighted by Gasteiger charge is 2.05. The minimum atomic E-state index is -0.238. The largest absolute Gasteiger partial charge is 0.392 e. The van der Waals surface area contributed by atoms with Crippen LogP contribution in [0.1, 0.15) is 16.7 Å². The second-order valence-electron chi connectivity index (χ2n) is 4.55. The normalized spacial score (nSPS) is 10.2. The smallest absolute Gasteiger partial charge is 0.315 e. The molecule has 2 aromatic carbocycles. The highest BCUT2D eigenvalue weighted by Crippen LogP contribution is 2.15. The average molecular weight is 349 g/mol. The van der Waals surface area contributed by atoms with Crippen LogP contribution in [-0.2, 0) is 19.7 Å². The summed E-state index contributed by atoms with van der Waals surface area (Å²) < 4.78 is 0.968. The molecule has 110 valence electrons. The zero-order valence-corrected chi connectivity index (χ0v) is 13.1. The monoisotopic (exact) mass is 348 g/mol. The molecule has 2 rings (SSSR count). The third-order valence-corrected chi connectivity index (χ3v) is 3.90. The van der Waals surface area contributed by atoms with Gasteiger partial charge in [-0.15, -0.1) is 0 Å². The number of hydrogen-bond donors (Lipinski definition) is 3. The Hall–Kier alpha value is -1.85. The van der Waals surface area contributed by atoms with Crippen molar-refractivity contribution in [2.75, 3.05) is 0 Å². The molecule has 0 saturated heterocycles. The van der Waals surface area contributed by atoms with E-state index in [1.807, 2.05) is 48.5 Å². The molecule has 0 aliphatic carbocycles. The maximum absolute atomic E-state index is 11.8. The number of carbonyl (C=O) groups is 1. The van der Waals surface area contributed by atoms with E-state index in [-0.39, 0.29) is 12.6 Å². The van der Waals surface area contributed by atoms with Gasteiger partial charge in [-0.25, -0.2) is 4.79 Å². The zero-order valence-electron chi connectivity index (χ0n) is 11.5. The number of carbonyl (C=O) groups excluding carboxylic acids is 1. The number of aliphatic hydroxyl groups is 1. The van der Waals surface area contributed by atoms with E-state index >= 15 is 0 Å². The van der Waals surface area contributed by atoms with Gasteiger partial charge in [0.2, 0.25) is 0 Å². The molecule has 0 aliphatic heterocycles. The van der Waals surface area contributed by atoms with E-state index < -0.39 is 0 Å². The van der Waals surface area contributed by atoms with Crippen LogP contribution in [0.25, 0.3) is 0 Å². The second kappa shape index (κ2) is 7.81.